The third-order valence-corrected chi connectivity index (χ3v) is 5.15. The Labute approximate surface area is 176 Å². The van der Waals surface area contributed by atoms with Gasteiger partial charge in [-0.15, -0.1) is 6.42 Å². The topological polar surface area (TPSA) is 83.9 Å². The van der Waals surface area contributed by atoms with Gasteiger partial charge in [0, 0.05) is 0 Å². The van der Waals surface area contributed by atoms with Crippen molar-refractivity contribution in [2.75, 3.05) is 6.54 Å². The van der Waals surface area contributed by atoms with Crippen LogP contribution in [0.3, 0.4) is 0 Å². The number of terminal acetylenes is 1. The zero-order valence-corrected chi connectivity index (χ0v) is 16.5. The van der Waals surface area contributed by atoms with Crippen LogP contribution in [-0.2, 0) is 11.4 Å². The van der Waals surface area contributed by atoms with E-state index in [0.29, 0.717) is 21.9 Å². The molecular formula is C21H14ClNO5S. The smallest absolute Gasteiger partial charge is 0.335 e. The molecule has 2 aromatic carbocycles. The molecule has 0 saturated carbocycles. The number of nitrogens with zero attached hydrogens (tertiary/aromatic N) is 1. The van der Waals surface area contributed by atoms with Crippen molar-refractivity contribution in [1.82, 2.24) is 4.90 Å². The lowest BCUT2D eigenvalue weighted by atomic mass is 10.1. The van der Waals surface area contributed by atoms with E-state index in [1.54, 1.807) is 36.4 Å². The SMILES string of the molecule is C#CCN1C(=O)S/C(=C\c2ccc(OCc3cccc(C(=O)O)c3)c(Cl)c2)C1=O. The first-order valence-corrected chi connectivity index (χ1v) is 9.52. The molecule has 0 radical (unpaired) electrons. The summed E-state index contributed by atoms with van der Waals surface area (Å²) in [5.41, 5.74) is 1.49. The lowest BCUT2D eigenvalue weighted by Crippen LogP contribution is -2.28. The fraction of sp³-hybridized carbons (Fsp3) is 0.0952. The van der Waals surface area contributed by atoms with Crippen LogP contribution in [0.15, 0.2) is 47.4 Å². The summed E-state index contributed by atoms with van der Waals surface area (Å²) >= 11 is 7.08. The van der Waals surface area contributed by atoms with E-state index in [0.717, 1.165) is 16.7 Å². The van der Waals surface area contributed by atoms with Crippen molar-refractivity contribution >= 4 is 46.6 Å². The summed E-state index contributed by atoms with van der Waals surface area (Å²) in [7, 11) is 0. The predicted octanol–water partition coefficient (Wildman–Crippen LogP) is 4.29. The summed E-state index contributed by atoms with van der Waals surface area (Å²) in [6.45, 7) is 0.0732. The quantitative estimate of drug-likeness (QED) is 0.547. The molecule has 1 aliphatic heterocycles. The van der Waals surface area contributed by atoms with E-state index < -0.39 is 17.1 Å². The normalized spacial score (nSPS) is 14.9. The first-order chi connectivity index (χ1) is 13.9. The summed E-state index contributed by atoms with van der Waals surface area (Å²) < 4.78 is 5.67. The fourth-order valence-electron chi connectivity index (χ4n) is 2.56. The van der Waals surface area contributed by atoms with E-state index in [2.05, 4.69) is 5.92 Å². The summed E-state index contributed by atoms with van der Waals surface area (Å²) in [5.74, 6) is 1.24. The molecular weight excluding hydrogens is 414 g/mol. The molecule has 3 rings (SSSR count). The Hall–Kier alpha value is -3.21. The fourth-order valence-corrected chi connectivity index (χ4v) is 3.64. The first kappa shape index (κ1) is 20.5. The van der Waals surface area contributed by atoms with Crippen molar-refractivity contribution in [2.24, 2.45) is 0 Å². The van der Waals surface area contributed by atoms with Crippen LogP contribution in [0.5, 0.6) is 5.75 Å². The van der Waals surface area contributed by atoms with Gasteiger partial charge in [0.25, 0.3) is 11.1 Å². The molecule has 146 valence electrons. The Morgan fingerprint density at radius 1 is 1.28 bits per heavy atom. The van der Waals surface area contributed by atoms with Crippen LogP contribution >= 0.6 is 23.4 Å². The Balaban J connectivity index is 1.72. The minimum absolute atomic E-state index is 0.0708. The number of aromatic carboxylic acids is 1. The number of thioether (sulfide) groups is 1. The van der Waals surface area contributed by atoms with Crippen LogP contribution in [0.1, 0.15) is 21.5 Å². The Morgan fingerprint density at radius 3 is 2.76 bits per heavy atom. The molecule has 0 aliphatic carbocycles. The van der Waals surface area contributed by atoms with Gasteiger partial charge in [-0.3, -0.25) is 14.5 Å². The number of halogens is 1. The molecule has 2 aromatic rings. The second-order valence-corrected chi connectivity index (χ2v) is 7.36. The van der Waals surface area contributed by atoms with Gasteiger partial charge in [-0.2, -0.15) is 0 Å². The minimum atomic E-state index is -1.01. The molecule has 1 fully saturated rings. The second-order valence-electron chi connectivity index (χ2n) is 5.96. The number of imide groups is 1. The molecule has 0 unspecified atom stereocenters. The molecule has 6 nitrogen and oxygen atoms in total. The number of carboxylic acids is 1. The van der Waals surface area contributed by atoms with Crippen LogP contribution < -0.4 is 4.74 Å². The van der Waals surface area contributed by atoms with Crippen molar-refractivity contribution in [3.63, 3.8) is 0 Å². The third kappa shape index (κ3) is 4.80. The summed E-state index contributed by atoms with van der Waals surface area (Å²) in [4.78, 5) is 36.3. The third-order valence-electron chi connectivity index (χ3n) is 3.94. The van der Waals surface area contributed by atoms with Crippen molar-refractivity contribution in [2.45, 2.75) is 6.61 Å². The molecule has 0 aromatic heterocycles. The minimum Gasteiger partial charge on any atom is -0.487 e. The van der Waals surface area contributed by atoms with Gasteiger partial charge in [-0.25, -0.2) is 4.79 Å². The average Bonchev–Trinajstić information content (AvgIpc) is 2.95. The van der Waals surface area contributed by atoms with Gasteiger partial charge >= 0.3 is 5.97 Å². The van der Waals surface area contributed by atoms with Gasteiger partial charge in [0.05, 0.1) is 22.0 Å². The van der Waals surface area contributed by atoms with E-state index in [9.17, 15) is 14.4 Å². The zero-order valence-electron chi connectivity index (χ0n) is 14.9. The zero-order chi connectivity index (χ0) is 21.0. The van der Waals surface area contributed by atoms with E-state index in [4.69, 9.17) is 27.9 Å². The molecule has 0 atom stereocenters. The van der Waals surface area contributed by atoms with Gasteiger partial charge in [0.2, 0.25) is 0 Å². The molecule has 2 amide bonds. The summed E-state index contributed by atoms with van der Waals surface area (Å²) in [6.07, 6.45) is 6.74. The predicted molar refractivity (Wildman–Crippen MR) is 111 cm³/mol. The maximum absolute atomic E-state index is 12.2. The molecule has 1 aliphatic rings. The second kappa shape index (κ2) is 8.86. The van der Waals surface area contributed by atoms with Crippen LogP contribution in [0.4, 0.5) is 4.79 Å². The average molecular weight is 428 g/mol. The number of rotatable bonds is 6. The molecule has 1 heterocycles. The summed E-state index contributed by atoms with van der Waals surface area (Å²) in [5, 5.41) is 8.95. The molecule has 0 spiro atoms. The van der Waals surface area contributed by atoms with E-state index in [-0.39, 0.29) is 23.6 Å². The molecule has 29 heavy (non-hydrogen) atoms. The highest BCUT2D eigenvalue weighted by molar-refractivity contribution is 8.18. The maximum Gasteiger partial charge on any atom is 0.335 e. The largest absolute Gasteiger partial charge is 0.487 e. The van der Waals surface area contributed by atoms with E-state index in [1.165, 1.54) is 12.1 Å². The number of carboxylic acid groups (broad SMARTS) is 1. The van der Waals surface area contributed by atoms with Gasteiger partial charge in [-0.05, 0) is 53.2 Å². The Bertz CT molecular complexity index is 1070. The van der Waals surface area contributed by atoms with E-state index in [1.807, 2.05) is 0 Å². The van der Waals surface area contributed by atoms with Gasteiger partial charge in [0.15, 0.2) is 0 Å². The monoisotopic (exact) mass is 427 g/mol. The number of benzene rings is 2. The standard InChI is InChI=1S/C21H14ClNO5S/c1-2-8-23-19(24)18(29-21(23)27)11-13-6-7-17(16(22)10-13)28-12-14-4-3-5-15(9-14)20(25)26/h1,3-7,9-11H,8,12H2,(H,25,26)/b18-11-. The van der Waals surface area contributed by atoms with Gasteiger partial charge in [0.1, 0.15) is 12.4 Å². The first-order valence-electron chi connectivity index (χ1n) is 8.32. The highest BCUT2D eigenvalue weighted by Gasteiger charge is 2.34. The lowest BCUT2D eigenvalue weighted by molar-refractivity contribution is -0.122. The van der Waals surface area contributed by atoms with Crippen molar-refractivity contribution in [1.29, 1.82) is 0 Å². The molecule has 8 heteroatoms. The number of hydrogen-bond donors (Lipinski definition) is 1. The summed E-state index contributed by atoms with van der Waals surface area (Å²) in [6, 6.07) is 11.4. The molecule has 1 saturated heterocycles. The van der Waals surface area contributed by atoms with Gasteiger partial charge < -0.3 is 9.84 Å². The van der Waals surface area contributed by atoms with Crippen LogP contribution in [-0.4, -0.2) is 33.7 Å². The number of carbonyl (C=O) groups excluding carboxylic acids is 2. The van der Waals surface area contributed by atoms with Crippen molar-refractivity contribution in [3.05, 3.63) is 69.1 Å². The van der Waals surface area contributed by atoms with Crippen molar-refractivity contribution in [3.8, 4) is 18.1 Å². The Kier molecular flexibility index (Phi) is 6.27. The number of ether oxygens (including phenoxy) is 1. The maximum atomic E-state index is 12.2. The Morgan fingerprint density at radius 2 is 2.07 bits per heavy atom. The van der Waals surface area contributed by atoms with E-state index >= 15 is 0 Å². The van der Waals surface area contributed by atoms with Crippen LogP contribution in [0.25, 0.3) is 6.08 Å². The number of carbonyl (C=O) groups is 3. The number of amides is 2. The number of hydrogen-bond acceptors (Lipinski definition) is 5. The molecule has 0 bridgehead atoms. The van der Waals surface area contributed by atoms with Crippen LogP contribution in [0.2, 0.25) is 5.02 Å². The lowest BCUT2D eigenvalue weighted by Gasteiger charge is -2.09. The van der Waals surface area contributed by atoms with Crippen molar-refractivity contribution < 1.29 is 24.2 Å². The van der Waals surface area contributed by atoms with Crippen LogP contribution in [0, 0.1) is 12.3 Å². The highest BCUT2D eigenvalue weighted by Crippen LogP contribution is 2.33. The molecule has 1 N–H and O–H groups in total. The highest BCUT2D eigenvalue weighted by atomic mass is 35.5. The van der Waals surface area contributed by atoms with Gasteiger partial charge in [-0.1, -0.05) is 35.7 Å².